The average Bonchev–Trinajstić information content (AvgIpc) is 3.32. The number of Topliss-reactive ketones (excluding diaryl/α,β-unsaturated/α-hetero) is 1. The molecule has 0 radical (unpaired) electrons. The fourth-order valence-electron chi connectivity index (χ4n) is 5.30. The zero-order valence-electron chi connectivity index (χ0n) is 21.2. The Morgan fingerprint density at radius 1 is 0.889 bits per heavy atom. The summed E-state index contributed by atoms with van der Waals surface area (Å²) in [6.45, 7) is 8.10. The van der Waals surface area contributed by atoms with Gasteiger partial charge >= 0.3 is 0 Å². The van der Waals surface area contributed by atoms with Gasteiger partial charge in [0.1, 0.15) is 0 Å². The van der Waals surface area contributed by atoms with Crippen LogP contribution in [-0.2, 0) is 13.1 Å². The minimum atomic E-state index is -0.703. The number of hydrogen-bond donors (Lipinski definition) is 1. The Labute approximate surface area is 211 Å². The Morgan fingerprint density at radius 2 is 1.53 bits per heavy atom. The maximum Gasteiger partial charge on any atom is 0.163 e. The van der Waals surface area contributed by atoms with Crippen LogP contribution in [0.2, 0.25) is 0 Å². The maximum atomic E-state index is 12.1. The lowest BCUT2D eigenvalue weighted by Gasteiger charge is -2.18. The molecule has 0 aliphatic heterocycles. The topological polar surface area (TPSA) is 60.1 Å². The third kappa shape index (κ3) is 4.27. The van der Waals surface area contributed by atoms with Crippen molar-refractivity contribution in [3.05, 3.63) is 101 Å². The highest BCUT2D eigenvalue weighted by molar-refractivity contribution is 6.04. The van der Waals surface area contributed by atoms with Crippen molar-refractivity contribution in [1.29, 1.82) is 0 Å². The van der Waals surface area contributed by atoms with Gasteiger partial charge in [0.2, 0.25) is 0 Å². The summed E-state index contributed by atoms with van der Waals surface area (Å²) in [5, 5.41) is 17.0. The third-order valence-electron chi connectivity index (χ3n) is 6.84. The van der Waals surface area contributed by atoms with Crippen LogP contribution in [-0.4, -0.2) is 31.3 Å². The molecule has 0 unspecified atom stereocenters. The maximum absolute atomic E-state index is 12.1. The number of rotatable bonds is 7. The lowest BCUT2D eigenvalue weighted by molar-refractivity contribution is 0.101. The zero-order chi connectivity index (χ0) is 25.4. The summed E-state index contributed by atoms with van der Waals surface area (Å²) in [6, 6.07) is 27.3. The summed E-state index contributed by atoms with van der Waals surface area (Å²) in [5.41, 5.74) is 8.89. The van der Waals surface area contributed by atoms with Crippen LogP contribution in [0.25, 0.3) is 33.3 Å². The molecule has 1 atom stereocenters. The molecular weight excluding hydrogens is 446 g/mol. The Bertz CT molecular complexity index is 1550. The first-order valence-electron chi connectivity index (χ1n) is 12.3. The van der Waals surface area contributed by atoms with Gasteiger partial charge in [0.25, 0.3) is 0 Å². The van der Waals surface area contributed by atoms with Gasteiger partial charge in [-0.15, -0.1) is 0 Å². The number of aromatic nitrogens is 3. The van der Waals surface area contributed by atoms with Crippen LogP contribution in [0.3, 0.4) is 0 Å². The average molecular weight is 478 g/mol. The van der Waals surface area contributed by atoms with E-state index in [2.05, 4.69) is 71.2 Å². The van der Waals surface area contributed by atoms with Crippen LogP contribution in [0.15, 0.2) is 78.9 Å². The molecule has 5 rings (SSSR count). The van der Waals surface area contributed by atoms with Crippen molar-refractivity contribution in [3.63, 3.8) is 0 Å². The highest BCUT2D eigenvalue weighted by Gasteiger charge is 2.23. The number of carbonyl (C=O) groups is 1. The van der Waals surface area contributed by atoms with E-state index in [-0.39, 0.29) is 5.78 Å². The first-order chi connectivity index (χ1) is 17.3. The summed E-state index contributed by atoms with van der Waals surface area (Å²) >= 11 is 0. The van der Waals surface area contributed by atoms with Gasteiger partial charge < -0.3 is 9.67 Å². The molecule has 5 aromatic rings. The molecule has 5 nitrogen and oxygen atoms in total. The molecule has 2 heterocycles. The SMILES string of the molecule is CC(=O)c1c(C)nn(C[C@H](O)Cn2c(-c3ccccc3)c(-c3ccccc3)c3cc(C)ccc32)c1C. The van der Waals surface area contributed by atoms with Crippen molar-refractivity contribution in [2.45, 2.75) is 46.9 Å². The summed E-state index contributed by atoms with van der Waals surface area (Å²) in [6.07, 6.45) is -0.703. The van der Waals surface area contributed by atoms with Gasteiger partial charge in [0.15, 0.2) is 5.78 Å². The van der Waals surface area contributed by atoms with Gasteiger partial charge in [0.05, 0.1) is 36.1 Å². The quantitative estimate of drug-likeness (QED) is 0.278. The van der Waals surface area contributed by atoms with E-state index < -0.39 is 6.10 Å². The molecule has 0 bridgehead atoms. The first kappa shape index (κ1) is 23.8. The van der Waals surface area contributed by atoms with E-state index in [1.54, 1.807) is 11.6 Å². The van der Waals surface area contributed by atoms with E-state index in [0.717, 1.165) is 39.0 Å². The zero-order valence-corrected chi connectivity index (χ0v) is 21.2. The first-order valence-corrected chi connectivity index (χ1v) is 12.3. The highest BCUT2D eigenvalue weighted by Crippen LogP contribution is 2.41. The summed E-state index contributed by atoms with van der Waals surface area (Å²) in [5.74, 6) is -0.00335. The van der Waals surface area contributed by atoms with Crippen LogP contribution in [0.5, 0.6) is 0 Å². The third-order valence-corrected chi connectivity index (χ3v) is 6.84. The Hall–Kier alpha value is -3.96. The number of ketones is 1. The monoisotopic (exact) mass is 477 g/mol. The molecule has 36 heavy (non-hydrogen) atoms. The van der Waals surface area contributed by atoms with Crippen molar-refractivity contribution in [1.82, 2.24) is 14.3 Å². The van der Waals surface area contributed by atoms with Gasteiger partial charge in [-0.3, -0.25) is 9.48 Å². The van der Waals surface area contributed by atoms with Gasteiger partial charge in [-0.05, 0) is 51.0 Å². The Balaban J connectivity index is 1.65. The molecule has 2 aromatic heterocycles. The van der Waals surface area contributed by atoms with Crippen molar-refractivity contribution in [2.24, 2.45) is 0 Å². The number of aliphatic hydroxyl groups excluding tert-OH is 1. The van der Waals surface area contributed by atoms with Crippen LogP contribution in [0.1, 0.15) is 34.2 Å². The number of fused-ring (bicyclic) bond motifs is 1. The number of carbonyl (C=O) groups excluding carboxylic acids is 1. The predicted molar refractivity (Wildman–Crippen MR) is 145 cm³/mol. The molecule has 0 saturated heterocycles. The van der Waals surface area contributed by atoms with Crippen molar-refractivity contribution < 1.29 is 9.90 Å². The van der Waals surface area contributed by atoms with Crippen molar-refractivity contribution >= 4 is 16.7 Å². The van der Waals surface area contributed by atoms with Crippen molar-refractivity contribution in [3.8, 4) is 22.4 Å². The Morgan fingerprint density at radius 3 is 2.14 bits per heavy atom. The molecule has 0 fully saturated rings. The molecule has 1 N–H and O–H groups in total. The summed E-state index contributed by atoms with van der Waals surface area (Å²) in [4.78, 5) is 12.1. The minimum absolute atomic E-state index is 0.00335. The fraction of sp³-hybridized carbons (Fsp3) is 0.226. The summed E-state index contributed by atoms with van der Waals surface area (Å²) in [7, 11) is 0. The predicted octanol–water partition coefficient (Wildman–Crippen LogP) is 6.36. The molecule has 0 aliphatic carbocycles. The number of aryl methyl sites for hydroxylation is 2. The molecule has 0 saturated carbocycles. The minimum Gasteiger partial charge on any atom is -0.389 e. The van der Waals surface area contributed by atoms with Crippen LogP contribution in [0.4, 0.5) is 0 Å². The number of benzene rings is 3. The van der Waals surface area contributed by atoms with Crippen LogP contribution < -0.4 is 0 Å². The van der Waals surface area contributed by atoms with E-state index in [1.807, 2.05) is 38.1 Å². The van der Waals surface area contributed by atoms with Crippen molar-refractivity contribution in [2.75, 3.05) is 0 Å². The number of nitrogens with zero attached hydrogens (tertiary/aromatic N) is 3. The summed E-state index contributed by atoms with van der Waals surface area (Å²) < 4.78 is 3.99. The second-order valence-electron chi connectivity index (χ2n) is 9.52. The molecule has 0 aliphatic rings. The normalized spacial score (nSPS) is 12.2. The smallest absolute Gasteiger partial charge is 0.163 e. The largest absolute Gasteiger partial charge is 0.389 e. The fourth-order valence-corrected chi connectivity index (χ4v) is 5.30. The van der Waals surface area contributed by atoms with E-state index in [0.29, 0.717) is 24.3 Å². The standard InChI is InChI=1S/C31H31N3O2/c1-20-15-16-28-27(17-20)30(24-11-7-5-8-12-24)31(25-13-9-6-10-14-25)33(28)18-26(36)19-34-22(3)29(23(4)35)21(2)32-34/h5-17,26,36H,18-19H2,1-4H3/t26-/m1/s1. The molecular formula is C31H31N3O2. The molecule has 0 amide bonds. The molecule has 0 spiro atoms. The van der Waals surface area contributed by atoms with E-state index in [4.69, 9.17) is 0 Å². The second kappa shape index (κ2) is 9.59. The van der Waals surface area contributed by atoms with E-state index in [9.17, 15) is 9.90 Å². The molecule has 3 aromatic carbocycles. The lowest BCUT2D eigenvalue weighted by Crippen LogP contribution is -2.24. The van der Waals surface area contributed by atoms with Gasteiger partial charge in [-0.2, -0.15) is 5.10 Å². The number of hydrogen-bond acceptors (Lipinski definition) is 3. The molecule has 182 valence electrons. The van der Waals surface area contributed by atoms with Gasteiger partial charge in [0, 0.05) is 22.2 Å². The van der Waals surface area contributed by atoms with Crippen LogP contribution in [0, 0.1) is 20.8 Å². The van der Waals surface area contributed by atoms with E-state index in [1.165, 1.54) is 5.56 Å². The number of aliphatic hydroxyl groups is 1. The van der Waals surface area contributed by atoms with E-state index >= 15 is 0 Å². The Kier molecular flexibility index (Phi) is 6.33. The second-order valence-corrected chi connectivity index (χ2v) is 9.52. The van der Waals surface area contributed by atoms with Gasteiger partial charge in [-0.25, -0.2) is 0 Å². The lowest BCUT2D eigenvalue weighted by atomic mass is 9.98. The molecule has 5 heteroatoms. The van der Waals surface area contributed by atoms with Crippen LogP contribution >= 0.6 is 0 Å². The van der Waals surface area contributed by atoms with Gasteiger partial charge in [-0.1, -0.05) is 72.3 Å². The highest BCUT2D eigenvalue weighted by atomic mass is 16.3.